The number of carbonyl (C=O) groups excluding carboxylic acids is 1. The minimum atomic E-state index is -1.10. The van der Waals surface area contributed by atoms with Crippen molar-refractivity contribution in [1.82, 2.24) is 5.32 Å². The number of carboxylic acid groups (broad SMARTS) is 1. The lowest BCUT2D eigenvalue weighted by molar-refractivity contribution is -0.149. The maximum absolute atomic E-state index is 12.6. The average Bonchev–Trinajstić information content (AvgIpc) is 2.51. The fourth-order valence-electron chi connectivity index (χ4n) is 4.15. The van der Waals surface area contributed by atoms with E-state index in [1.54, 1.807) is 0 Å². The summed E-state index contributed by atoms with van der Waals surface area (Å²) in [7, 11) is 0. The van der Waals surface area contributed by atoms with Gasteiger partial charge in [0.1, 0.15) is 5.54 Å². The van der Waals surface area contributed by atoms with E-state index in [0.717, 1.165) is 29.5 Å². The number of aryl methyl sites for hydroxylation is 3. The van der Waals surface area contributed by atoms with Crippen LogP contribution in [-0.2, 0) is 16.0 Å². The summed E-state index contributed by atoms with van der Waals surface area (Å²) in [6.45, 7) is 10.4. The zero-order chi connectivity index (χ0) is 18.8. The number of rotatable bonds is 5. The number of aliphatic carboxylic acids is 1. The lowest BCUT2D eigenvalue weighted by Crippen LogP contribution is -2.57. The second-order valence-electron chi connectivity index (χ2n) is 8.07. The molecule has 2 rings (SSSR count). The topological polar surface area (TPSA) is 66.4 Å². The van der Waals surface area contributed by atoms with Crippen LogP contribution < -0.4 is 5.32 Å². The van der Waals surface area contributed by atoms with Crippen molar-refractivity contribution >= 4 is 11.9 Å². The first kappa shape index (κ1) is 19.5. The first-order valence-corrected chi connectivity index (χ1v) is 9.26. The number of hydrogen-bond acceptors (Lipinski definition) is 2. The van der Waals surface area contributed by atoms with Gasteiger partial charge in [0.05, 0.1) is 6.42 Å². The van der Waals surface area contributed by atoms with Crippen LogP contribution in [0.5, 0.6) is 0 Å². The van der Waals surface area contributed by atoms with Crippen molar-refractivity contribution in [3.8, 4) is 0 Å². The fourth-order valence-corrected chi connectivity index (χ4v) is 4.15. The number of carbonyl (C=O) groups is 2. The zero-order valence-electron chi connectivity index (χ0n) is 16.1. The van der Waals surface area contributed by atoms with Crippen molar-refractivity contribution in [3.05, 3.63) is 34.4 Å². The molecule has 1 aromatic rings. The SMILES string of the molecule is Cc1cc(C)c(CC(=O)NC2(C(=O)O)CCC(C(C)C)CC2)c(C)c1. The van der Waals surface area contributed by atoms with Gasteiger partial charge in [-0.25, -0.2) is 4.79 Å². The Balaban J connectivity index is 2.11. The van der Waals surface area contributed by atoms with Crippen LogP contribution in [0.15, 0.2) is 12.1 Å². The smallest absolute Gasteiger partial charge is 0.329 e. The molecule has 25 heavy (non-hydrogen) atoms. The molecule has 0 bridgehead atoms. The predicted molar refractivity (Wildman–Crippen MR) is 99.7 cm³/mol. The third-order valence-corrected chi connectivity index (χ3v) is 5.79. The molecule has 0 radical (unpaired) electrons. The lowest BCUT2D eigenvalue weighted by Gasteiger charge is -2.38. The molecule has 1 aliphatic rings. The third-order valence-electron chi connectivity index (χ3n) is 5.79. The van der Waals surface area contributed by atoms with E-state index < -0.39 is 11.5 Å². The molecule has 0 aromatic heterocycles. The summed E-state index contributed by atoms with van der Waals surface area (Å²) >= 11 is 0. The Bertz CT molecular complexity index is 632. The fraction of sp³-hybridized carbons (Fsp3) is 0.619. The van der Waals surface area contributed by atoms with Crippen molar-refractivity contribution in [2.24, 2.45) is 11.8 Å². The van der Waals surface area contributed by atoms with Crippen molar-refractivity contribution in [3.63, 3.8) is 0 Å². The maximum atomic E-state index is 12.6. The summed E-state index contributed by atoms with van der Waals surface area (Å²) in [4.78, 5) is 24.5. The zero-order valence-corrected chi connectivity index (χ0v) is 16.1. The highest BCUT2D eigenvalue weighted by molar-refractivity contribution is 5.88. The van der Waals surface area contributed by atoms with Gasteiger partial charge in [0.15, 0.2) is 0 Å². The molecule has 1 aromatic carbocycles. The highest BCUT2D eigenvalue weighted by Gasteiger charge is 2.43. The largest absolute Gasteiger partial charge is 0.480 e. The van der Waals surface area contributed by atoms with E-state index >= 15 is 0 Å². The van der Waals surface area contributed by atoms with Crippen LogP contribution in [0, 0.1) is 32.6 Å². The molecule has 0 aliphatic heterocycles. The van der Waals surface area contributed by atoms with Gasteiger partial charge >= 0.3 is 5.97 Å². The van der Waals surface area contributed by atoms with Crippen LogP contribution in [0.25, 0.3) is 0 Å². The van der Waals surface area contributed by atoms with Crippen LogP contribution in [0.1, 0.15) is 61.8 Å². The normalized spacial score (nSPS) is 23.5. The standard InChI is InChI=1S/C21H31NO3/c1-13(2)17-6-8-21(9-7-17,20(24)25)22-19(23)12-18-15(4)10-14(3)11-16(18)5/h10-11,13,17H,6-9,12H2,1-5H3,(H,22,23)(H,24,25). The van der Waals surface area contributed by atoms with E-state index in [0.29, 0.717) is 24.7 Å². The summed E-state index contributed by atoms with van der Waals surface area (Å²) in [6, 6.07) is 4.13. The van der Waals surface area contributed by atoms with Gasteiger partial charge in [-0.2, -0.15) is 0 Å². The minimum Gasteiger partial charge on any atom is -0.480 e. The maximum Gasteiger partial charge on any atom is 0.329 e. The number of benzene rings is 1. The first-order chi connectivity index (χ1) is 11.6. The Kier molecular flexibility index (Phi) is 5.91. The molecule has 0 saturated heterocycles. The highest BCUT2D eigenvalue weighted by Crippen LogP contribution is 2.36. The minimum absolute atomic E-state index is 0.194. The van der Waals surface area contributed by atoms with Gasteiger partial charge in [0.25, 0.3) is 0 Å². The highest BCUT2D eigenvalue weighted by atomic mass is 16.4. The van der Waals surface area contributed by atoms with Gasteiger partial charge in [-0.15, -0.1) is 0 Å². The second-order valence-corrected chi connectivity index (χ2v) is 8.07. The monoisotopic (exact) mass is 345 g/mol. The van der Waals surface area contributed by atoms with Crippen LogP contribution in [-0.4, -0.2) is 22.5 Å². The molecule has 2 N–H and O–H groups in total. The van der Waals surface area contributed by atoms with Crippen LogP contribution in [0.4, 0.5) is 0 Å². The molecular formula is C21H31NO3. The van der Waals surface area contributed by atoms with E-state index in [-0.39, 0.29) is 12.3 Å². The van der Waals surface area contributed by atoms with Gasteiger partial charge in [-0.3, -0.25) is 4.79 Å². The van der Waals surface area contributed by atoms with Crippen LogP contribution in [0.3, 0.4) is 0 Å². The second kappa shape index (κ2) is 7.59. The van der Waals surface area contributed by atoms with Gasteiger partial charge in [-0.05, 0) is 75.0 Å². The van der Waals surface area contributed by atoms with Crippen molar-refractivity contribution in [1.29, 1.82) is 0 Å². The average molecular weight is 345 g/mol. The number of nitrogens with one attached hydrogen (secondary N) is 1. The molecule has 4 heteroatoms. The summed E-state index contributed by atoms with van der Waals surface area (Å²) < 4.78 is 0. The summed E-state index contributed by atoms with van der Waals surface area (Å²) in [5.74, 6) is 0.00664. The summed E-state index contributed by atoms with van der Waals surface area (Å²) in [6.07, 6.45) is 2.98. The Morgan fingerprint density at radius 3 is 2.12 bits per heavy atom. The van der Waals surface area contributed by atoms with Gasteiger partial charge in [0.2, 0.25) is 5.91 Å². The van der Waals surface area contributed by atoms with E-state index in [9.17, 15) is 14.7 Å². The van der Waals surface area contributed by atoms with E-state index in [1.165, 1.54) is 5.56 Å². The molecule has 1 fully saturated rings. The molecule has 0 heterocycles. The Morgan fingerprint density at radius 2 is 1.68 bits per heavy atom. The lowest BCUT2D eigenvalue weighted by atomic mass is 9.72. The molecule has 0 atom stereocenters. The van der Waals surface area contributed by atoms with Gasteiger partial charge in [0, 0.05) is 0 Å². The molecule has 4 nitrogen and oxygen atoms in total. The van der Waals surface area contributed by atoms with Gasteiger partial charge in [-0.1, -0.05) is 31.5 Å². The number of amides is 1. The van der Waals surface area contributed by atoms with Crippen molar-refractivity contribution in [2.45, 2.75) is 72.3 Å². The summed E-state index contributed by atoms with van der Waals surface area (Å²) in [5, 5.41) is 12.6. The Morgan fingerprint density at radius 1 is 1.16 bits per heavy atom. The van der Waals surface area contributed by atoms with Crippen molar-refractivity contribution in [2.75, 3.05) is 0 Å². The van der Waals surface area contributed by atoms with Crippen LogP contribution >= 0.6 is 0 Å². The van der Waals surface area contributed by atoms with E-state index in [4.69, 9.17) is 0 Å². The number of carboxylic acids is 1. The quantitative estimate of drug-likeness (QED) is 0.849. The number of hydrogen-bond donors (Lipinski definition) is 2. The van der Waals surface area contributed by atoms with Crippen LogP contribution in [0.2, 0.25) is 0 Å². The first-order valence-electron chi connectivity index (χ1n) is 9.26. The van der Waals surface area contributed by atoms with Crippen molar-refractivity contribution < 1.29 is 14.7 Å². The molecule has 1 amide bonds. The van der Waals surface area contributed by atoms with Gasteiger partial charge < -0.3 is 10.4 Å². The molecule has 0 unspecified atom stereocenters. The third kappa shape index (κ3) is 4.42. The van der Waals surface area contributed by atoms with E-state index in [2.05, 4.69) is 31.3 Å². The predicted octanol–water partition coefficient (Wildman–Crippen LogP) is 3.94. The summed E-state index contributed by atoms with van der Waals surface area (Å²) in [5.41, 5.74) is 3.24. The molecule has 1 aliphatic carbocycles. The van der Waals surface area contributed by atoms with E-state index in [1.807, 2.05) is 20.8 Å². The Labute approximate surface area is 151 Å². The Hall–Kier alpha value is -1.84. The molecular weight excluding hydrogens is 314 g/mol. The molecule has 138 valence electrons. The molecule has 1 saturated carbocycles. The molecule has 0 spiro atoms.